The Bertz CT molecular complexity index is 1450. The standard InChI is InChI=1S/C36H40N4O.Pt/c1-35(2,3)27-15-17-37-33(21-27)39-19-7-9-25-11-13-29(23-31(25)39)41-30-14-12-26-10-8-20-40(32(26)24-30)34-22-28(16-18-38-34)36(4,5)6;/h11-18,21-22H,7-10,19-20H2,1-6H3;/q-2;+2. The number of fused-ring (bicyclic) bond motifs is 2. The minimum Gasteiger partial charge on any atom is -0.509 e. The van der Waals surface area contributed by atoms with Crippen molar-refractivity contribution < 1.29 is 25.8 Å². The summed E-state index contributed by atoms with van der Waals surface area (Å²) in [6, 6.07) is 24.2. The summed E-state index contributed by atoms with van der Waals surface area (Å²) in [4.78, 5) is 14.1. The van der Waals surface area contributed by atoms with Gasteiger partial charge in [0.15, 0.2) is 0 Å². The van der Waals surface area contributed by atoms with Crippen molar-refractivity contribution in [1.82, 2.24) is 9.97 Å². The van der Waals surface area contributed by atoms with Crippen LogP contribution in [0.25, 0.3) is 0 Å². The number of aromatic nitrogens is 2. The van der Waals surface area contributed by atoms with E-state index in [4.69, 9.17) is 14.7 Å². The third kappa shape index (κ3) is 6.27. The first-order valence-electron chi connectivity index (χ1n) is 14.8. The van der Waals surface area contributed by atoms with Crippen LogP contribution in [0.2, 0.25) is 0 Å². The van der Waals surface area contributed by atoms with Gasteiger partial charge in [0.25, 0.3) is 0 Å². The SMILES string of the molecule is CC(C)(C)c1ccnc(N2CCCc3ccc(Oc4[c-]c5c(cc4)CCCN5c4cc(C(C)(C)C)ccn4)[c-]c32)c1.[Pt+2]. The van der Waals surface area contributed by atoms with Gasteiger partial charge in [0.05, 0.1) is 0 Å². The molecule has 0 amide bonds. The average Bonchev–Trinajstić information content (AvgIpc) is 2.96. The molecule has 0 radical (unpaired) electrons. The average molecular weight is 740 g/mol. The number of nitrogens with zero attached hydrogens (tertiary/aromatic N) is 4. The number of benzene rings is 2. The van der Waals surface area contributed by atoms with Crippen LogP contribution in [0.4, 0.5) is 23.0 Å². The molecule has 42 heavy (non-hydrogen) atoms. The van der Waals surface area contributed by atoms with Crippen LogP contribution >= 0.6 is 0 Å². The fraction of sp³-hybridized carbons (Fsp3) is 0.389. The second kappa shape index (κ2) is 11.8. The van der Waals surface area contributed by atoms with Crippen molar-refractivity contribution in [3.05, 3.63) is 95.3 Å². The zero-order valence-electron chi connectivity index (χ0n) is 25.5. The fourth-order valence-electron chi connectivity index (χ4n) is 5.71. The van der Waals surface area contributed by atoms with Crippen LogP contribution < -0.4 is 14.5 Å². The molecule has 6 rings (SSSR count). The van der Waals surface area contributed by atoms with Gasteiger partial charge in [0.1, 0.15) is 11.6 Å². The number of anilines is 4. The van der Waals surface area contributed by atoms with Crippen molar-refractivity contribution in [1.29, 1.82) is 0 Å². The van der Waals surface area contributed by atoms with Gasteiger partial charge in [-0.1, -0.05) is 65.8 Å². The molecule has 2 aromatic carbocycles. The van der Waals surface area contributed by atoms with E-state index in [9.17, 15) is 0 Å². The molecule has 6 heteroatoms. The van der Waals surface area contributed by atoms with Crippen molar-refractivity contribution in [2.75, 3.05) is 22.9 Å². The van der Waals surface area contributed by atoms with Gasteiger partial charge in [0.2, 0.25) is 0 Å². The molecular formula is C36H40N4OPt. The van der Waals surface area contributed by atoms with Gasteiger partial charge in [-0.25, -0.2) is 9.97 Å². The molecule has 0 fully saturated rings. The third-order valence-electron chi connectivity index (χ3n) is 8.15. The van der Waals surface area contributed by atoms with Gasteiger partial charge in [-0.2, -0.15) is 12.1 Å². The summed E-state index contributed by atoms with van der Waals surface area (Å²) in [7, 11) is 0. The fourth-order valence-corrected chi connectivity index (χ4v) is 5.71. The van der Waals surface area contributed by atoms with E-state index in [1.165, 1.54) is 22.3 Å². The summed E-state index contributed by atoms with van der Waals surface area (Å²) in [6.07, 6.45) is 8.07. The van der Waals surface area contributed by atoms with Crippen LogP contribution in [0.1, 0.15) is 76.6 Å². The normalized spacial score (nSPS) is 15.0. The maximum Gasteiger partial charge on any atom is 2.00 e. The quantitative estimate of drug-likeness (QED) is 0.196. The molecule has 2 aliphatic heterocycles. The summed E-state index contributed by atoms with van der Waals surface area (Å²) in [5, 5.41) is 0. The minimum absolute atomic E-state index is 0. The van der Waals surface area contributed by atoms with Gasteiger partial charge in [-0.3, -0.25) is 0 Å². The monoisotopic (exact) mass is 739 g/mol. The molecule has 0 bridgehead atoms. The number of hydrogen-bond acceptors (Lipinski definition) is 5. The van der Waals surface area contributed by atoms with Crippen molar-refractivity contribution in [3.8, 4) is 11.5 Å². The van der Waals surface area contributed by atoms with Gasteiger partial charge in [0, 0.05) is 37.0 Å². The van der Waals surface area contributed by atoms with Gasteiger partial charge in [-0.05, 0) is 59.1 Å². The summed E-state index contributed by atoms with van der Waals surface area (Å²) in [6.45, 7) is 15.2. The van der Waals surface area contributed by atoms with Crippen LogP contribution in [0.15, 0.2) is 60.9 Å². The number of ether oxygens (including phenoxy) is 1. The maximum absolute atomic E-state index is 6.43. The first-order chi connectivity index (χ1) is 19.6. The van der Waals surface area contributed by atoms with Gasteiger partial charge in [-0.15, -0.1) is 35.4 Å². The number of rotatable bonds is 4. The Balaban J connectivity index is 0.00000353. The van der Waals surface area contributed by atoms with E-state index in [1.54, 1.807) is 0 Å². The molecule has 0 aliphatic carbocycles. The molecule has 0 N–H and O–H groups in total. The largest absolute Gasteiger partial charge is 2.00 e. The first kappa shape index (κ1) is 30.3. The Labute approximate surface area is 265 Å². The Morgan fingerprint density at radius 2 is 1.07 bits per heavy atom. The number of pyridine rings is 2. The molecule has 0 spiro atoms. The Morgan fingerprint density at radius 1 is 0.643 bits per heavy atom. The van der Waals surface area contributed by atoms with E-state index in [-0.39, 0.29) is 31.9 Å². The summed E-state index contributed by atoms with van der Waals surface area (Å²) in [5.74, 6) is 3.31. The molecule has 220 valence electrons. The smallest absolute Gasteiger partial charge is 0.509 e. The number of hydrogen-bond donors (Lipinski definition) is 0. The first-order valence-corrected chi connectivity index (χ1v) is 14.8. The zero-order valence-corrected chi connectivity index (χ0v) is 27.8. The molecule has 0 saturated heterocycles. The van der Waals surface area contributed by atoms with Crippen molar-refractivity contribution >= 4 is 23.0 Å². The molecule has 4 aromatic rings. The summed E-state index contributed by atoms with van der Waals surface area (Å²) >= 11 is 0. The molecule has 4 heterocycles. The zero-order chi connectivity index (χ0) is 28.8. The van der Waals surface area contributed by atoms with Crippen LogP contribution in [0, 0.1) is 12.1 Å². The third-order valence-corrected chi connectivity index (χ3v) is 8.15. The predicted octanol–water partition coefficient (Wildman–Crippen LogP) is 8.63. The summed E-state index contributed by atoms with van der Waals surface area (Å²) in [5.41, 5.74) is 7.32. The number of aryl methyl sites for hydroxylation is 2. The van der Waals surface area contributed by atoms with Crippen LogP contribution in [0.3, 0.4) is 0 Å². The molecule has 0 saturated carbocycles. The van der Waals surface area contributed by atoms with Crippen molar-refractivity contribution in [3.63, 3.8) is 0 Å². The van der Waals surface area contributed by atoms with Gasteiger partial charge >= 0.3 is 21.1 Å². The molecule has 2 aromatic heterocycles. The Morgan fingerprint density at radius 3 is 1.48 bits per heavy atom. The van der Waals surface area contributed by atoms with Crippen LogP contribution in [-0.4, -0.2) is 23.1 Å². The molecule has 2 aliphatic rings. The van der Waals surface area contributed by atoms with Crippen molar-refractivity contribution in [2.45, 2.75) is 78.1 Å². The second-order valence-electron chi connectivity index (χ2n) is 13.3. The molecule has 0 atom stereocenters. The maximum atomic E-state index is 6.43. The van der Waals surface area contributed by atoms with Crippen LogP contribution in [0.5, 0.6) is 11.5 Å². The van der Waals surface area contributed by atoms with E-state index in [1.807, 2.05) is 24.5 Å². The van der Waals surface area contributed by atoms with Gasteiger partial charge < -0.3 is 14.5 Å². The topological polar surface area (TPSA) is 41.5 Å². The molecule has 5 nitrogen and oxygen atoms in total. The molecule has 0 unspecified atom stereocenters. The van der Waals surface area contributed by atoms with E-state index < -0.39 is 0 Å². The Hall–Kier alpha value is -3.17. The van der Waals surface area contributed by atoms with Crippen molar-refractivity contribution in [2.24, 2.45) is 0 Å². The minimum atomic E-state index is 0. The predicted molar refractivity (Wildman–Crippen MR) is 167 cm³/mol. The second-order valence-corrected chi connectivity index (χ2v) is 13.3. The molecular weight excluding hydrogens is 700 g/mol. The van der Waals surface area contributed by atoms with E-state index in [2.05, 4.69) is 99.9 Å². The Kier molecular flexibility index (Phi) is 8.54. The van der Waals surface area contributed by atoms with E-state index in [0.717, 1.165) is 61.8 Å². The van der Waals surface area contributed by atoms with E-state index >= 15 is 0 Å². The van der Waals surface area contributed by atoms with Crippen LogP contribution in [-0.2, 0) is 44.7 Å². The van der Waals surface area contributed by atoms with E-state index in [0.29, 0.717) is 11.5 Å². The summed E-state index contributed by atoms with van der Waals surface area (Å²) < 4.78 is 6.43.